The first kappa shape index (κ1) is 19.6. The van der Waals surface area contributed by atoms with Crippen molar-refractivity contribution in [2.24, 2.45) is 10.9 Å². The fourth-order valence-corrected chi connectivity index (χ4v) is 2.80. The molecule has 0 aliphatic carbocycles. The van der Waals surface area contributed by atoms with Gasteiger partial charge < -0.3 is 24.6 Å². The van der Waals surface area contributed by atoms with E-state index in [4.69, 9.17) is 14.2 Å². The first-order valence-electron chi connectivity index (χ1n) is 8.40. The van der Waals surface area contributed by atoms with Crippen molar-refractivity contribution < 1.29 is 28.9 Å². The molecule has 2 unspecified atom stereocenters. The van der Waals surface area contributed by atoms with Crippen molar-refractivity contribution in [2.45, 2.75) is 32.7 Å². The van der Waals surface area contributed by atoms with Crippen molar-refractivity contribution in [1.82, 2.24) is 5.32 Å². The Labute approximate surface area is 152 Å². The van der Waals surface area contributed by atoms with Gasteiger partial charge in [-0.2, -0.15) is 0 Å². The molecule has 0 aromatic heterocycles. The molecule has 0 fully saturated rings. The van der Waals surface area contributed by atoms with E-state index in [2.05, 4.69) is 10.3 Å². The number of hydrogen-bond donors (Lipinski definition) is 2. The minimum Gasteiger partial charge on any atom is -0.502 e. The minimum atomic E-state index is -0.775. The van der Waals surface area contributed by atoms with Gasteiger partial charge in [0.15, 0.2) is 11.5 Å². The van der Waals surface area contributed by atoms with Crippen molar-refractivity contribution >= 4 is 17.7 Å². The summed E-state index contributed by atoms with van der Waals surface area (Å²) in [7, 11) is 2.81. The molecule has 2 atom stereocenters. The number of carbonyl (C=O) groups excluding carboxylic acids is 2. The SMILES string of the molecule is CCCCOC(=O)C1C(C)=NC(=O)NC1c1cc(OC)c(O)c(OC)c1. The molecular formula is C18H24N2O6. The lowest BCUT2D eigenvalue weighted by Gasteiger charge is -2.30. The largest absolute Gasteiger partial charge is 0.502 e. The number of esters is 1. The molecule has 2 rings (SSSR count). The summed E-state index contributed by atoms with van der Waals surface area (Å²) < 4.78 is 15.7. The van der Waals surface area contributed by atoms with Crippen LogP contribution >= 0.6 is 0 Å². The number of ether oxygens (including phenoxy) is 3. The van der Waals surface area contributed by atoms with Crippen LogP contribution in [-0.2, 0) is 9.53 Å². The Kier molecular flexibility index (Phi) is 6.43. The molecule has 1 heterocycles. The van der Waals surface area contributed by atoms with Gasteiger partial charge >= 0.3 is 12.0 Å². The van der Waals surface area contributed by atoms with Crippen LogP contribution in [-0.4, -0.2) is 43.6 Å². The number of nitrogens with zero attached hydrogens (tertiary/aromatic N) is 1. The third-order valence-corrected chi connectivity index (χ3v) is 4.20. The molecule has 0 saturated heterocycles. The summed E-state index contributed by atoms with van der Waals surface area (Å²) >= 11 is 0. The number of urea groups is 1. The summed E-state index contributed by atoms with van der Waals surface area (Å²) in [4.78, 5) is 28.3. The molecule has 0 saturated carbocycles. The lowest BCUT2D eigenvalue weighted by atomic mass is 9.88. The molecule has 8 nitrogen and oxygen atoms in total. The first-order chi connectivity index (χ1) is 12.4. The van der Waals surface area contributed by atoms with E-state index in [1.165, 1.54) is 14.2 Å². The number of methoxy groups -OCH3 is 2. The van der Waals surface area contributed by atoms with Crippen LogP contribution < -0.4 is 14.8 Å². The zero-order valence-corrected chi connectivity index (χ0v) is 15.4. The number of aromatic hydroxyl groups is 1. The van der Waals surface area contributed by atoms with E-state index >= 15 is 0 Å². The zero-order valence-electron chi connectivity index (χ0n) is 15.4. The van der Waals surface area contributed by atoms with E-state index < -0.39 is 24.0 Å². The Morgan fingerprint density at radius 2 is 1.88 bits per heavy atom. The summed E-state index contributed by atoms with van der Waals surface area (Å²) in [6.07, 6.45) is 1.66. The van der Waals surface area contributed by atoms with Gasteiger partial charge in [-0.15, -0.1) is 0 Å². The number of rotatable bonds is 7. The lowest BCUT2D eigenvalue weighted by Crippen LogP contribution is -2.44. The van der Waals surface area contributed by atoms with E-state index in [-0.39, 0.29) is 17.2 Å². The lowest BCUT2D eigenvalue weighted by molar-refractivity contribution is -0.147. The van der Waals surface area contributed by atoms with Gasteiger partial charge in [-0.25, -0.2) is 9.79 Å². The third kappa shape index (κ3) is 4.07. The van der Waals surface area contributed by atoms with Gasteiger partial charge in [0.2, 0.25) is 5.75 Å². The number of aliphatic imine (C=N–C) groups is 1. The Balaban J connectivity index is 2.42. The number of amides is 2. The minimum absolute atomic E-state index is 0.159. The fourth-order valence-electron chi connectivity index (χ4n) is 2.80. The number of phenolic OH excluding ortho intramolecular Hbond substituents is 1. The molecule has 0 spiro atoms. The maximum atomic E-state index is 12.6. The second-order valence-electron chi connectivity index (χ2n) is 5.95. The summed E-state index contributed by atoms with van der Waals surface area (Å²) in [5.74, 6) is -1.05. The average Bonchev–Trinajstić information content (AvgIpc) is 2.61. The number of nitrogens with one attached hydrogen (secondary N) is 1. The first-order valence-corrected chi connectivity index (χ1v) is 8.40. The van der Waals surface area contributed by atoms with Gasteiger partial charge in [-0.1, -0.05) is 13.3 Å². The maximum absolute atomic E-state index is 12.6. The molecule has 2 N–H and O–H groups in total. The van der Waals surface area contributed by atoms with Gasteiger partial charge in [-0.05, 0) is 31.0 Å². The Hall–Kier alpha value is -2.77. The number of hydrogen-bond acceptors (Lipinski definition) is 6. The van der Waals surface area contributed by atoms with Gasteiger partial charge in [0, 0.05) is 5.71 Å². The van der Waals surface area contributed by atoms with Crippen molar-refractivity contribution in [1.29, 1.82) is 0 Å². The normalized spacial score (nSPS) is 19.4. The molecule has 142 valence electrons. The monoisotopic (exact) mass is 364 g/mol. The molecule has 1 aliphatic heterocycles. The highest BCUT2D eigenvalue weighted by atomic mass is 16.5. The van der Waals surface area contributed by atoms with Crippen LogP contribution in [0.4, 0.5) is 4.79 Å². The Morgan fingerprint density at radius 3 is 2.42 bits per heavy atom. The van der Waals surface area contributed by atoms with Crippen LogP contribution in [0, 0.1) is 5.92 Å². The molecule has 8 heteroatoms. The fraction of sp³-hybridized carbons (Fsp3) is 0.500. The molecule has 1 aliphatic rings. The highest BCUT2D eigenvalue weighted by Gasteiger charge is 2.38. The molecule has 0 bridgehead atoms. The summed E-state index contributed by atoms with van der Waals surface area (Å²) in [6.45, 7) is 3.92. The Morgan fingerprint density at radius 1 is 1.27 bits per heavy atom. The van der Waals surface area contributed by atoms with Crippen molar-refractivity contribution in [2.75, 3.05) is 20.8 Å². The Bertz CT molecular complexity index is 691. The number of unbranched alkanes of at least 4 members (excludes halogenated alkanes) is 1. The van der Waals surface area contributed by atoms with Crippen LogP contribution in [0.15, 0.2) is 17.1 Å². The maximum Gasteiger partial charge on any atom is 0.341 e. The second kappa shape index (κ2) is 8.55. The van der Waals surface area contributed by atoms with Crippen molar-refractivity contribution in [3.05, 3.63) is 17.7 Å². The smallest absolute Gasteiger partial charge is 0.341 e. The van der Waals surface area contributed by atoms with Crippen molar-refractivity contribution in [3.8, 4) is 17.2 Å². The second-order valence-corrected chi connectivity index (χ2v) is 5.95. The topological polar surface area (TPSA) is 106 Å². The van der Waals surface area contributed by atoms with Crippen LogP contribution in [0.2, 0.25) is 0 Å². The zero-order chi connectivity index (χ0) is 19.3. The van der Waals surface area contributed by atoms with E-state index in [9.17, 15) is 14.7 Å². The highest BCUT2D eigenvalue weighted by molar-refractivity contribution is 6.08. The van der Waals surface area contributed by atoms with Gasteiger partial charge in [-0.3, -0.25) is 4.79 Å². The molecule has 26 heavy (non-hydrogen) atoms. The molecule has 1 aromatic carbocycles. The summed E-state index contributed by atoms with van der Waals surface area (Å²) in [6, 6.07) is 1.84. The average molecular weight is 364 g/mol. The van der Waals surface area contributed by atoms with Gasteiger partial charge in [0.05, 0.1) is 26.9 Å². The molecule has 1 aromatic rings. The quantitative estimate of drug-likeness (QED) is 0.569. The highest BCUT2D eigenvalue weighted by Crippen LogP contribution is 2.40. The van der Waals surface area contributed by atoms with E-state index in [1.807, 2.05) is 6.92 Å². The number of benzene rings is 1. The van der Waals surface area contributed by atoms with E-state index in [0.717, 1.165) is 12.8 Å². The predicted molar refractivity (Wildman–Crippen MR) is 94.9 cm³/mol. The third-order valence-electron chi connectivity index (χ3n) is 4.20. The molecule has 0 radical (unpaired) electrons. The number of carbonyl (C=O) groups is 2. The van der Waals surface area contributed by atoms with Crippen LogP contribution in [0.5, 0.6) is 17.2 Å². The van der Waals surface area contributed by atoms with Gasteiger partial charge in [0.25, 0.3) is 0 Å². The summed E-state index contributed by atoms with van der Waals surface area (Å²) in [5.41, 5.74) is 0.905. The molecular weight excluding hydrogens is 340 g/mol. The summed E-state index contributed by atoms with van der Waals surface area (Å²) in [5, 5.41) is 12.8. The predicted octanol–water partition coefficient (Wildman–Crippen LogP) is 2.59. The van der Waals surface area contributed by atoms with Crippen LogP contribution in [0.25, 0.3) is 0 Å². The van der Waals surface area contributed by atoms with Gasteiger partial charge in [0.1, 0.15) is 5.92 Å². The van der Waals surface area contributed by atoms with Crippen molar-refractivity contribution in [3.63, 3.8) is 0 Å². The number of phenols is 1. The van der Waals surface area contributed by atoms with E-state index in [1.54, 1.807) is 19.1 Å². The van der Waals surface area contributed by atoms with Crippen LogP contribution in [0.1, 0.15) is 38.3 Å². The van der Waals surface area contributed by atoms with Crippen LogP contribution in [0.3, 0.4) is 0 Å². The molecule has 2 amide bonds. The standard InChI is InChI=1S/C18H24N2O6/c1-5-6-7-26-17(22)14-10(2)19-18(23)20-15(14)11-8-12(24-3)16(21)13(9-11)25-4/h8-9,14-15,21H,5-7H2,1-4H3,(H,20,23). The van der Waals surface area contributed by atoms with E-state index in [0.29, 0.717) is 17.9 Å².